The average molecular weight is 677 g/mol. The monoisotopic (exact) mass is 677 g/mol. The predicted molar refractivity (Wildman–Crippen MR) is 205 cm³/mol. The number of ether oxygens (including phenoxy) is 2. The molecule has 0 spiro atoms. The van der Waals surface area contributed by atoms with E-state index in [1.54, 1.807) is 0 Å². The van der Waals surface area contributed by atoms with Crippen LogP contribution in [0.2, 0.25) is 0 Å². The number of carbonyl (C=O) groups excluding carboxylic acids is 2. The number of hydrogen-bond donors (Lipinski definition) is 1. The summed E-state index contributed by atoms with van der Waals surface area (Å²) >= 11 is 0. The van der Waals surface area contributed by atoms with Crippen molar-refractivity contribution in [1.82, 2.24) is 0 Å². The molecule has 0 rings (SSSR count). The first kappa shape index (κ1) is 46.4. The summed E-state index contributed by atoms with van der Waals surface area (Å²) in [6.45, 7) is 4.29. The number of aliphatic hydroxyl groups excluding tert-OH is 1. The molecule has 0 unspecified atom stereocenters. The largest absolute Gasteiger partial charge is 0.463 e. The standard InChI is InChI=1S/C43H80O5/c1-3-5-7-9-11-13-15-17-18-19-20-21-22-23-24-26-28-30-32-34-36-38-43(46)48-40-41(44)39-47-42(45)37-35-33-31-29-27-25-16-14-12-10-8-6-4-2/h17-18,25,27,41,44H,3-16,19-24,26,28-40H2,1-2H3/b18-17-,27-25-/t41-/m1/s1. The third-order valence-electron chi connectivity index (χ3n) is 9.16. The summed E-state index contributed by atoms with van der Waals surface area (Å²) in [6.07, 6.45) is 46.7. The van der Waals surface area contributed by atoms with Crippen molar-refractivity contribution in [2.45, 2.75) is 225 Å². The van der Waals surface area contributed by atoms with Crippen LogP contribution in [0.4, 0.5) is 0 Å². The van der Waals surface area contributed by atoms with Gasteiger partial charge in [-0.05, 0) is 64.2 Å². The highest BCUT2D eigenvalue weighted by Gasteiger charge is 2.12. The molecule has 0 radical (unpaired) electrons. The van der Waals surface area contributed by atoms with Crippen LogP contribution < -0.4 is 0 Å². The van der Waals surface area contributed by atoms with Crippen LogP contribution in [0.15, 0.2) is 24.3 Å². The fourth-order valence-electron chi connectivity index (χ4n) is 5.96. The Morgan fingerprint density at radius 1 is 0.417 bits per heavy atom. The van der Waals surface area contributed by atoms with Crippen molar-refractivity contribution in [1.29, 1.82) is 0 Å². The summed E-state index contributed by atoms with van der Waals surface area (Å²) in [6, 6.07) is 0. The number of unbranched alkanes of at least 4 members (excludes halogenated alkanes) is 26. The highest BCUT2D eigenvalue weighted by atomic mass is 16.6. The lowest BCUT2D eigenvalue weighted by Crippen LogP contribution is -2.25. The van der Waals surface area contributed by atoms with E-state index in [-0.39, 0.29) is 25.2 Å². The first-order valence-electron chi connectivity index (χ1n) is 20.9. The van der Waals surface area contributed by atoms with Crippen LogP contribution in [-0.4, -0.2) is 36.4 Å². The number of rotatable bonds is 38. The van der Waals surface area contributed by atoms with Gasteiger partial charge in [0.05, 0.1) is 0 Å². The van der Waals surface area contributed by atoms with Crippen LogP contribution in [-0.2, 0) is 19.1 Å². The first-order chi connectivity index (χ1) is 23.6. The second-order valence-corrected chi connectivity index (χ2v) is 14.1. The van der Waals surface area contributed by atoms with Crippen molar-refractivity contribution in [3.05, 3.63) is 24.3 Å². The Hall–Kier alpha value is -1.62. The molecule has 5 nitrogen and oxygen atoms in total. The third kappa shape index (κ3) is 38.8. The summed E-state index contributed by atoms with van der Waals surface area (Å²) in [5, 5.41) is 10.0. The molecule has 0 aliphatic carbocycles. The predicted octanol–water partition coefficient (Wildman–Crippen LogP) is 13.1. The molecule has 0 aliphatic heterocycles. The number of aliphatic hydroxyl groups is 1. The van der Waals surface area contributed by atoms with E-state index in [0.717, 1.165) is 44.9 Å². The summed E-state index contributed by atoms with van der Waals surface area (Å²) in [5.74, 6) is -0.578. The van der Waals surface area contributed by atoms with Gasteiger partial charge in [-0.15, -0.1) is 0 Å². The minimum absolute atomic E-state index is 0.118. The summed E-state index contributed by atoms with van der Waals surface area (Å²) in [4.78, 5) is 23.9. The molecule has 282 valence electrons. The molecule has 1 N–H and O–H groups in total. The molecular weight excluding hydrogens is 596 g/mol. The van der Waals surface area contributed by atoms with E-state index in [4.69, 9.17) is 9.47 Å². The van der Waals surface area contributed by atoms with E-state index < -0.39 is 6.10 Å². The Bertz CT molecular complexity index is 731. The molecule has 0 saturated heterocycles. The molecule has 0 bridgehead atoms. The molecule has 0 fully saturated rings. The van der Waals surface area contributed by atoms with E-state index in [2.05, 4.69) is 38.2 Å². The molecule has 0 aliphatic rings. The highest BCUT2D eigenvalue weighted by molar-refractivity contribution is 5.69. The van der Waals surface area contributed by atoms with Crippen molar-refractivity contribution in [3.63, 3.8) is 0 Å². The number of carbonyl (C=O) groups is 2. The lowest BCUT2D eigenvalue weighted by atomic mass is 10.0. The topological polar surface area (TPSA) is 72.8 Å². The number of allylic oxidation sites excluding steroid dienone is 4. The fraction of sp³-hybridized carbons (Fsp3) is 0.860. The molecule has 5 heteroatoms. The number of hydrogen-bond acceptors (Lipinski definition) is 5. The lowest BCUT2D eigenvalue weighted by molar-refractivity contribution is -0.152. The van der Waals surface area contributed by atoms with E-state index in [1.807, 2.05) is 0 Å². The van der Waals surface area contributed by atoms with Crippen molar-refractivity contribution in [3.8, 4) is 0 Å². The average Bonchev–Trinajstić information content (AvgIpc) is 3.09. The van der Waals surface area contributed by atoms with Gasteiger partial charge in [0.15, 0.2) is 0 Å². The van der Waals surface area contributed by atoms with Crippen LogP contribution in [0.25, 0.3) is 0 Å². The van der Waals surface area contributed by atoms with Crippen molar-refractivity contribution < 1.29 is 24.2 Å². The van der Waals surface area contributed by atoms with Gasteiger partial charge in [-0.1, -0.05) is 167 Å². The molecular formula is C43H80O5. The minimum atomic E-state index is -0.966. The molecule has 0 heterocycles. The third-order valence-corrected chi connectivity index (χ3v) is 9.16. The van der Waals surface area contributed by atoms with Gasteiger partial charge in [0, 0.05) is 12.8 Å². The summed E-state index contributed by atoms with van der Waals surface area (Å²) in [5.41, 5.74) is 0. The van der Waals surface area contributed by atoms with Gasteiger partial charge in [-0.3, -0.25) is 9.59 Å². The van der Waals surface area contributed by atoms with Crippen LogP contribution in [0.5, 0.6) is 0 Å². The van der Waals surface area contributed by atoms with Gasteiger partial charge in [0.1, 0.15) is 19.3 Å². The molecule has 0 aromatic rings. The van der Waals surface area contributed by atoms with Crippen LogP contribution in [0.1, 0.15) is 219 Å². The maximum absolute atomic E-state index is 12.0. The summed E-state index contributed by atoms with van der Waals surface area (Å²) < 4.78 is 10.3. The van der Waals surface area contributed by atoms with Crippen LogP contribution in [0, 0.1) is 0 Å². The quantitative estimate of drug-likeness (QED) is 0.0400. The Labute approximate surface area is 298 Å². The molecule has 0 aromatic heterocycles. The number of esters is 2. The van der Waals surface area contributed by atoms with Crippen LogP contribution in [0.3, 0.4) is 0 Å². The van der Waals surface area contributed by atoms with Gasteiger partial charge < -0.3 is 14.6 Å². The van der Waals surface area contributed by atoms with E-state index in [1.165, 1.54) is 148 Å². The van der Waals surface area contributed by atoms with Crippen molar-refractivity contribution in [2.24, 2.45) is 0 Å². The smallest absolute Gasteiger partial charge is 0.305 e. The maximum atomic E-state index is 12.0. The van der Waals surface area contributed by atoms with Crippen molar-refractivity contribution >= 4 is 11.9 Å². The molecule has 48 heavy (non-hydrogen) atoms. The van der Waals surface area contributed by atoms with Gasteiger partial charge >= 0.3 is 11.9 Å². The van der Waals surface area contributed by atoms with Gasteiger partial charge in [-0.2, -0.15) is 0 Å². The highest BCUT2D eigenvalue weighted by Crippen LogP contribution is 2.14. The lowest BCUT2D eigenvalue weighted by Gasteiger charge is -2.12. The van der Waals surface area contributed by atoms with Crippen LogP contribution >= 0.6 is 0 Å². The molecule has 0 aromatic carbocycles. The van der Waals surface area contributed by atoms with E-state index >= 15 is 0 Å². The zero-order valence-corrected chi connectivity index (χ0v) is 32.0. The van der Waals surface area contributed by atoms with E-state index in [0.29, 0.717) is 12.8 Å². The molecule has 0 saturated carbocycles. The Kier molecular flexibility index (Phi) is 38.5. The Morgan fingerprint density at radius 2 is 0.667 bits per heavy atom. The van der Waals surface area contributed by atoms with Crippen molar-refractivity contribution in [2.75, 3.05) is 13.2 Å². The second-order valence-electron chi connectivity index (χ2n) is 14.1. The van der Waals surface area contributed by atoms with Gasteiger partial charge in [0.2, 0.25) is 0 Å². The SMILES string of the molecule is CCCCCCCC/C=C\CCCCCCCCCCCCCC(=O)OC[C@H](O)COC(=O)CCCCC/C=C\CCCCCCCC. The maximum Gasteiger partial charge on any atom is 0.305 e. The fourth-order valence-corrected chi connectivity index (χ4v) is 5.96. The zero-order chi connectivity index (χ0) is 35.0. The van der Waals surface area contributed by atoms with Gasteiger partial charge in [0.25, 0.3) is 0 Å². The summed E-state index contributed by atoms with van der Waals surface area (Å²) in [7, 11) is 0. The first-order valence-corrected chi connectivity index (χ1v) is 20.9. The second kappa shape index (κ2) is 39.8. The van der Waals surface area contributed by atoms with E-state index in [9.17, 15) is 14.7 Å². The Balaban J connectivity index is 3.41. The molecule has 0 amide bonds. The minimum Gasteiger partial charge on any atom is -0.463 e. The molecule has 1 atom stereocenters. The zero-order valence-electron chi connectivity index (χ0n) is 32.0. The Morgan fingerprint density at radius 3 is 0.979 bits per heavy atom. The normalized spacial score (nSPS) is 12.3. The van der Waals surface area contributed by atoms with Gasteiger partial charge in [-0.25, -0.2) is 0 Å².